The Morgan fingerprint density at radius 1 is 1.60 bits per heavy atom. The van der Waals surface area contributed by atoms with Crippen LogP contribution in [0.5, 0.6) is 0 Å². The first-order chi connectivity index (χ1) is 4.20. The van der Waals surface area contributed by atoms with E-state index >= 15 is 0 Å². The van der Waals surface area contributed by atoms with E-state index in [1.807, 2.05) is 0 Å². The summed E-state index contributed by atoms with van der Waals surface area (Å²) >= 11 is 0. The normalized spacial score (nSPS) is 31.3. The SMILES string of the molecule is C.O=C(O)C1CC(O)CO1. The standard InChI is InChI=1S/C5H8O4.CH4/c6-3-1-4(5(7)8)9-2-3;/h3-4,6H,1-2H2,(H,7,8);1H4. The van der Waals surface area contributed by atoms with Crippen molar-refractivity contribution in [2.24, 2.45) is 0 Å². The van der Waals surface area contributed by atoms with E-state index in [9.17, 15) is 4.79 Å². The number of hydrogen-bond donors (Lipinski definition) is 2. The predicted octanol–water partition coefficient (Wildman–Crippen LogP) is -0.143. The van der Waals surface area contributed by atoms with Crippen molar-refractivity contribution in [3.63, 3.8) is 0 Å². The van der Waals surface area contributed by atoms with Gasteiger partial charge in [0.25, 0.3) is 0 Å². The zero-order valence-electron chi connectivity index (χ0n) is 4.78. The van der Waals surface area contributed by atoms with E-state index in [1.54, 1.807) is 0 Å². The molecule has 1 saturated heterocycles. The molecule has 1 rings (SSSR count). The summed E-state index contributed by atoms with van der Waals surface area (Å²) in [7, 11) is 0. The van der Waals surface area contributed by atoms with Crippen molar-refractivity contribution in [1.29, 1.82) is 0 Å². The van der Waals surface area contributed by atoms with Gasteiger partial charge in [-0.2, -0.15) is 0 Å². The molecule has 2 unspecified atom stereocenters. The summed E-state index contributed by atoms with van der Waals surface area (Å²) in [6, 6.07) is 0. The summed E-state index contributed by atoms with van der Waals surface area (Å²) in [5, 5.41) is 17.1. The Hall–Kier alpha value is -0.610. The lowest BCUT2D eigenvalue weighted by Crippen LogP contribution is -2.18. The third kappa shape index (κ3) is 1.97. The van der Waals surface area contributed by atoms with E-state index < -0.39 is 18.2 Å². The maximum atomic E-state index is 10.1. The van der Waals surface area contributed by atoms with Gasteiger partial charge < -0.3 is 14.9 Å². The smallest absolute Gasteiger partial charge is 0.332 e. The summed E-state index contributed by atoms with van der Waals surface area (Å²) in [6.07, 6.45) is -1.17. The van der Waals surface area contributed by atoms with Crippen molar-refractivity contribution < 1.29 is 19.7 Å². The lowest BCUT2D eigenvalue weighted by atomic mass is 10.2. The first-order valence-electron chi connectivity index (χ1n) is 2.72. The van der Waals surface area contributed by atoms with Gasteiger partial charge in [0, 0.05) is 6.42 Å². The third-order valence-electron chi connectivity index (χ3n) is 1.25. The average molecular weight is 148 g/mol. The molecule has 1 heterocycles. The molecule has 1 aliphatic heterocycles. The predicted molar refractivity (Wildman–Crippen MR) is 34.7 cm³/mol. The Kier molecular flexibility index (Phi) is 3.32. The largest absolute Gasteiger partial charge is 0.479 e. The van der Waals surface area contributed by atoms with Crippen LogP contribution in [0.1, 0.15) is 13.8 Å². The molecule has 1 aliphatic rings. The summed E-state index contributed by atoms with van der Waals surface area (Å²) in [4.78, 5) is 10.1. The molecular formula is C6H12O4. The van der Waals surface area contributed by atoms with Gasteiger partial charge in [0.05, 0.1) is 12.7 Å². The Morgan fingerprint density at radius 2 is 2.20 bits per heavy atom. The highest BCUT2D eigenvalue weighted by molar-refractivity contribution is 5.72. The first kappa shape index (κ1) is 9.39. The fraction of sp³-hybridized carbons (Fsp3) is 0.833. The van der Waals surface area contributed by atoms with Crippen LogP contribution >= 0.6 is 0 Å². The second-order valence-electron chi connectivity index (χ2n) is 2.05. The van der Waals surface area contributed by atoms with Crippen molar-refractivity contribution in [2.45, 2.75) is 26.1 Å². The van der Waals surface area contributed by atoms with Crippen molar-refractivity contribution in [3.8, 4) is 0 Å². The van der Waals surface area contributed by atoms with E-state index in [0.29, 0.717) is 0 Å². The molecule has 4 nitrogen and oxygen atoms in total. The highest BCUT2D eigenvalue weighted by Crippen LogP contribution is 2.12. The van der Waals surface area contributed by atoms with Crippen LogP contribution < -0.4 is 0 Å². The lowest BCUT2D eigenvalue weighted by Gasteiger charge is -1.98. The molecule has 0 aromatic rings. The minimum absolute atomic E-state index is 0. The topological polar surface area (TPSA) is 66.8 Å². The van der Waals surface area contributed by atoms with Gasteiger partial charge in [-0.25, -0.2) is 4.79 Å². The van der Waals surface area contributed by atoms with Crippen LogP contribution in [0, 0.1) is 0 Å². The zero-order chi connectivity index (χ0) is 6.85. The fourth-order valence-corrected chi connectivity index (χ4v) is 0.783. The molecule has 0 aromatic heterocycles. The summed E-state index contributed by atoms with van der Waals surface area (Å²) in [5.74, 6) is -0.994. The highest BCUT2D eigenvalue weighted by atomic mass is 16.5. The maximum Gasteiger partial charge on any atom is 0.332 e. The van der Waals surface area contributed by atoms with Crippen LogP contribution in [-0.4, -0.2) is 35.0 Å². The van der Waals surface area contributed by atoms with Gasteiger partial charge in [0.1, 0.15) is 0 Å². The number of carboxylic acids is 1. The number of hydrogen-bond acceptors (Lipinski definition) is 3. The summed E-state index contributed by atoms with van der Waals surface area (Å²) in [5.41, 5.74) is 0. The number of carboxylic acid groups (broad SMARTS) is 1. The molecule has 0 aliphatic carbocycles. The molecule has 10 heavy (non-hydrogen) atoms. The Bertz CT molecular complexity index is 123. The van der Waals surface area contributed by atoms with E-state index in [2.05, 4.69) is 4.74 Å². The van der Waals surface area contributed by atoms with E-state index in [0.717, 1.165) is 0 Å². The summed E-state index contributed by atoms with van der Waals surface area (Å²) < 4.78 is 4.68. The number of aliphatic carboxylic acids is 1. The van der Waals surface area contributed by atoms with Crippen molar-refractivity contribution in [1.82, 2.24) is 0 Å². The quantitative estimate of drug-likeness (QED) is 0.543. The van der Waals surface area contributed by atoms with Crippen molar-refractivity contribution in [2.75, 3.05) is 6.61 Å². The average Bonchev–Trinajstić information content (AvgIpc) is 2.14. The monoisotopic (exact) mass is 148 g/mol. The number of aliphatic hydroxyl groups excluding tert-OH is 1. The zero-order valence-corrected chi connectivity index (χ0v) is 4.78. The molecule has 0 amide bonds. The lowest BCUT2D eigenvalue weighted by molar-refractivity contribution is -0.147. The van der Waals surface area contributed by atoms with Crippen LogP contribution in [0.15, 0.2) is 0 Å². The van der Waals surface area contributed by atoms with Gasteiger partial charge in [-0.1, -0.05) is 7.43 Å². The van der Waals surface area contributed by atoms with Crippen LogP contribution in [0.4, 0.5) is 0 Å². The van der Waals surface area contributed by atoms with E-state index in [-0.39, 0.29) is 20.5 Å². The van der Waals surface area contributed by atoms with Crippen LogP contribution in [-0.2, 0) is 9.53 Å². The van der Waals surface area contributed by atoms with E-state index in [1.165, 1.54) is 0 Å². The minimum Gasteiger partial charge on any atom is -0.479 e. The molecule has 1 fully saturated rings. The molecule has 2 atom stereocenters. The molecule has 4 heteroatoms. The van der Waals surface area contributed by atoms with Crippen molar-refractivity contribution >= 4 is 5.97 Å². The molecule has 0 aromatic carbocycles. The number of carbonyl (C=O) groups is 1. The Labute approximate surface area is 59.4 Å². The van der Waals surface area contributed by atoms with Gasteiger partial charge in [0.2, 0.25) is 0 Å². The van der Waals surface area contributed by atoms with Crippen LogP contribution in [0.2, 0.25) is 0 Å². The molecule has 2 N–H and O–H groups in total. The first-order valence-corrected chi connectivity index (χ1v) is 2.72. The van der Waals surface area contributed by atoms with Crippen LogP contribution in [0.3, 0.4) is 0 Å². The van der Waals surface area contributed by atoms with Gasteiger partial charge in [-0.3, -0.25) is 0 Å². The Morgan fingerprint density at radius 3 is 2.40 bits per heavy atom. The van der Waals surface area contributed by atoms with Gasteiger partial charge in [-0.15, -0.1) is 0 Å². The molecule has 0 radical (unpaired) electrons. The number of rotatable bonds is 1. The number of ether oxygens (including phenoxy) is 1. The highest BCUT2D eigenvalue weighted by Gasteiger charge is 2.28. The van der Waals surface area contributed by atoms with Gasteiger partial charge >= 0.3 is 5.97 Å². The van der Waals surface area contributed by atoms with Gasteiger partial charge in [-0.05, 0) is 0 Å². The molecule has 0 spiro atoms. The third-order valence-corrected chi connectivity index (χ3v) is 1.25. The van der Waals surface area contributed by atoms with Crippen molar-refractivity contribution in [3.05, 3.63) is 0 Å². The minimum atomic E-state index is -0.994. The second-order valence-corrected chi connectivity index (χ2v) is 2.05. The van der Waals surface area contributed by atoms with E-state index in [4.69, 9.17) is 10.2 Å². The molecule has 0 saturated carbocycles. The molecule has 60 valence electrons. The van der Waals surface area contributed by atoms with Crippen LogP contribution in [0.25, 0.3) is 0 Å². The number of aliphatic hydroxyl groups is 1. The fourth-order valence-electron chi connectivity index (χ4n) is 0.783. The molecule has 0 bridgehead atoms. The molecular weight excluding hydrogens is 136 g/mol. The summed E-state index contributed by atoms with van der Waals surface area (Å²) in [6.45, 7) is 0.150. The Balaban J connectivity index is 0.000000810. The maximum absolute atomic E-state index is 10.1. The van der Waals surface area contributed by atoms with Gasteiger partial charge in [0.15, 0.2) is 6.10 Å². The second kappa shape index (κ2) is 3.53.